The van der Waals surface area contributed by atoms with Crippen LogP contribution in [-0.2, 0) is 15.1 Å². The zero-order valence-electron chi connectivity index (χ0n) is 12.8. The molecule has 1 saturated carbocycles. The van der Waals surface area contributed by atoms with Gasteiger partial charge in [0.2, 0.25) is 0 Å². The normalized spacial score (nSPS) is 19.6. The van der Waals surface area contributed by atoms with E-state index in [2.05, 4.69) is 5.32 Å². The zero-order valence-corrected chi connectivity index (χ0v) is 13.6. The first kappa shape index (κ1) is 16.3. The highest BCUT2D eigenvalue weighted by Gasteiger charge is 2.38. The number of benzene rings is 1. The summed E-state index contributed by atoms with van der Waals surface area (Å²) >= 11 is 5.95. The summed E-state index contributed by atoms with van der Waals surface area (Å²) in [6.45, 7) is 1.90. The molecule has 0 heterocycles. The van der Waals surface area contributed by atoms with E-state index in [1.165, 1.54) is 32.8 Å². The highest BCUT2D eigenvalue weighted by Crippen LogP contribution is 2.27. The van der Waals surface area contributed by atoms with E-state index in [0.717, 1.165) is 18.4 Å². The third-order valence-corrected chi connectivity index (χ3v) is 4.62. The molecule has 116 valence electrons. The average molecular weight is 310 g/mol. The molecule has 1 unspecified atom stereocenters. The summed E-state index contributed by atoms with van der Waals surface area (Å²) in [7, 11) is 1.44. The number of hydrogen-bond acceptors (Lipinski definition) is 3. The number of ether oxygens (including phenoxy) is 1. The lowest BCUT2D eigenvalue weighted by Gasteiger charge is -2.33. The van der Waals surface area contributed by atoms with Gasteiger partial charge in [-0.2, -0.15) is 0 Å². The van der Waals surface area contributed by atoms with Gasteiger partial charge in [-0.05, 0) is 37.5 Å². The minimum Gasteiger partial charge on any atom is -0.467 e. The Labute approximate surface area is 132 Å². The zero-order chi connectivity index (χ0) is 15.3. The third kappa shape index (κ3) is 3.98. The fourth-order valence-electron chi connectivity index (χ4n) is 3.08. The highest BCUT2D eigenvalue weighted by molar-refractivity contribution is 6.30. The van der Waals surface area contributed by atoms with Crippen LogP contribution in [0.2, 0.25) is 5.02 Å². The molecule has 1 aliphatic rings. The van der Waals surface area contributed by atoms with Crippen LogP contribution in [0.5, 0.6) is 0 Å². The largest absolute Gasteiger partial charge is 0.467 e. The monoisotopic (exact) mass is 309 g/mol. The molecular weight excluding hydrogens is 286 g/mol. The summed E-state index contributed by atoms with van der Waals surface area (Å²) in [5.74, 6) is -0.255. The Morgan fingerprint density at radius 1 is 1.19 bits per heavy atom. The van der Waals surface area contributed by atoms with Crippen LogP contribution in [0.3, 0.4) is 0 Å². The molecule has 2 rings (SSSR count). The molecule has 1 fully saturated rings. The highest BCUT2D eigenvalue weighted by atomic mass is 35.5. The van der Waals surface area contributed by atoms with Gasteiger partial charge in [-0.25, -0.2) is 4.79 Å². The standard InChI is InChI=1S/C17H24ClNO2/c1-17(16(20)21-2,13-9-11-14(18)12-10-13)19-15-7-5-3-4-6-8-15/h9-12,15,19H,3-8H2,1-2H3. The molecule has 0 amide bonds. The molecule has 1 aromatic carbocycles. The number of esters is 1. The Morgan fingerprint density at radius 2 is 1.76 bits per heavy atom. The number of methoxy groups -OCH3 is 1. The number of hydrogen-bond donors (Lipinski definition) is 1. The SMILES string of the molecule is COC(=O)C(C)(NC1CCCCCC1)c1ccc(Cl)cc1. The van der Waals surface area contributed by atoms with E-state index in [1.54, 1.807) is 0 Å². The predicted molar refractivity (Wildman–Crippen MR) is 85.4 cm³/mol. The molecule has 0 aliphatic heterocycles. The van der Waals surface area contributed by atoms with Crippen molar-refractivity contribution in [3.05, 3.63) is 34.9 Å². The van der Waals surface area contributed by atoms with Gasteiger partial charge in [0.05, 0.1) is 7.11 Å². The Morgan fingerprint density at radius 3 is 2.29 bits per heavy atom. The van der Waals surface area contributed by atoms with Crippen molar-refractivity contribution in [2.45, 2.75) is 57.0 Å². The first-order valence-corrected chi connectivity index (χ1v) is 8.06. The summed E-state index contributed by atoms with van der Waals surface area (Å²) in [5, 5.41) is 4.21. The summed E-state index contributed by atoms with van der Waals surface area (Å²) < 4.78 is 5.04. The van der Waals surface area contributed by atoms with Gasteiger partial charge in [0.15, 0.2) is 0 Å². The second-order valence-electron chi connectivity index (χ2n) is 5.96. The lowest BCUT2D eigenvalue weighted by atomic mass is 9.90. The summed E-state index contributed by atoms with van der Waals surface area (Å²) in [6.07, 6.45) is 7.23. The smallest absolute Gasteiger partial charge is 0.330 e. The molecule has 0 radical (unpaired) electrons. The van der Waals surface area contributed by atoms with E-state index in [1.807, 2.05) is 31.2 Å². The molecular formula is C17H24ClNO2. The third-order valence-electron chi connectivity index (χ3n) is 4.36. The second-order valence-corrected chi connectivity index (χ2v) is 6.39. The van der Waals surface area contributed by atoms with Gasteiger partial charge in [0, 0.05) is 11.1 Å². The minimum absolute atomic E-state index is 0.255. The van der Waals surface area contributed by atoms with Gasteiger partial charge in [0.1, 0.15) is 5.54 Å². The number of rotatable bonds is 4. The number of carbonyl (C=O) groups is 1. The quantitative estimate of drug-likeness (QED) is 0.674. The maximum atomic E-state index is 12.4. The van der Waals surface area contributed by atoms with Crippen molar-refractivity contribution in [3.63, 3.8) is 0 Å². The van der Waals surface area contributed by atoms with Crippen LogP contribution in [0.1, 0.15) is 51.0 Å². The van der Waals surface area contributed by atoms with Crippen molar-refractivity contribution >= 4 is 17.6 Å². The average Bonchev–Trinajstić information content (AvgIpc) is 2.75. The molecule has 1 aromatic rings. The molecule has 1 atom stereocenters. The Balaban J connectivity index is 2.23. The van der Waals surface area contributed by atoms with Crippen molar-refractivity contribution < 1.29 is 9.53 Å². The first-order chi connectivity index (χ1) is 10.1. The molecule has 4 heteroatoms. The van der Waals surface area contributed by atoms with Gasteiger partial charge in [-0.1, -0.05) is 49.4 Å². The van der Waals surface area contributed by atoms with E-state index >= 15 is 0 Å². The summed E-state index contributed by atoms with van der Waals surface area (Å²) in [4.78, 5) is 12.4. The second kappa shape index (κ2) is 7.28. The molecule has 1 aliphatic carbocycles. The fourth-order valence-corrected chi connectivity index (χ4v) is 3.21. The summed E-state index contributed by atoms with van der Waals surface area (Å²) in [5.41, 5.74) is 0.0666. The molecule has 0 spiro atoms. The Hall–Kier alpha value is -1.06. The molecule has 0 saturated heterocycles. The maximum absolute atomic E-state index is 12.4. The maximum Gasteiger partial charge on any atom is 0.330 e. The molecule has 3 nitrogen and oxygen atoms in total. The van der Waals surface area contributed by atoms with E-state index in [-0.39, 0.29) is 5.97 Å². The Bertz CT molecular complexity index is 466. The minimum atomic E-state index is -0.825. The van der Waals surface area contributed by atoms with Crippen molar-refractivity contribution in [1.29, 1.82) is 0 Å². The number of carbonyl (C=O) groups excluding carboxylic acids is 1. The lowest BCUT2D eigenvalue weighted by Crippen LogP contribution is -2.51. The molecule has 1 N–H and O–H groups in total. The van der Waals surface area contributed by atoms with E-state index in [4.69, 9.17) is 16.3 Å². The van der Waals surface area contributed by atoms with Crippen molar-refractivity contribution in [3.8, 4) is 0 Å². The van der Waals surface area contributed by atoms with Crippen LogP contribution in [0.15, 0.2) is 24.3 Å². The van der Waals surface area contributed by atoms with E-state index in [0.29, 0.717) is 11.1 Å². The van der Waals surface area contributed by atoms with E-state index in [9.17, 15) is 4.79 Å². The Kier molecular flexibility index (Phi) is 5.65. The first-order valence-electron chi connectivity index (χ1n) is 7.68. The van der Waals surface area contributed by atoms with Gasteiger partial charge >= 0.3 is 5.97 Å². The van der Waals surface area contributed by atoms with Crippen molar-refractivity contribution in [1.82, 2.24) is 5.32 Å². The van der Waals surface area contributed by atoms with Crippen LogP contribution in [0.4, 0.5) is 0 Å². The molecule has 0 aromatic heterocycles. The van der Waals surface area contributed by atoms with Crippen LogP contribution in [-0.4, -0.2) is 19.1 Å². The predicted octanol–water partition coefficient (Wildman–Crippen LogP) is 4.04. The van der Waals surface area contributed by atoms with E-state index < -0.39 is 5.54 Å². The van der Waals surface area contributed by atoms with Crippen molar-refractivity contribution in [2.24, 2.45) is 0 Å². The van der Waals surface area contributed by atoms with Crippen molar-refractivity contribution in [2.75, 3.05) is 7.11 Å². The van der Waals surface area contributed by atoms with Crippen LogP contribution in [0.25, 0.3) is 0 Å². The number of nitrogens with one attached hydrogen (secondary N) is 1. The van der Waals surface area contributed by atoms with Gasteiger partial charge in [-0.15, -0.1) is 0 Å². The van der Waals surface area contributed by atoms with Gasteiger partial charge in [-0.3, -0.25) is 5.32 Å². The lowest BCUT2D eigenvalue weighted by molar-refractivity contribution is -0.148. The topological polar surface area (TPSA) is 38.3 Å². The van der Waals surface area contributed by atoms with Crippen LogP contribution in [0, 0.1) is 0 Å². The van der Waals surface area contributed by atoms with Crippen LogP contribution >= 0.6 is 11.6 Å². The molecule has 21 heavy (non-hydrogen) atoms. The fraction of sp³-hybridized carbons (Fsp3) is 0.588. The summed E-state index contributed by atoms with van der Waals surface area (Å²) in [6, 6.07) is 7.76. The van der Waals surface area contributed by atoms with Crippen LogP contribution < -0.4 is 5.32 Å². The van der Waals surface area contributed by atoms with Gasteiger partial charge < -0.3 is 4.74 Å². The number of halogens is 1. The van der Waals surface area contributed by atoms with Gasteiger partial charge in [0.25, 0.3) is 0 Å². The molecule has 0 bridgehead atoms.